The highest BCUT2D eigenvalue weighted by Gasteiger charge is 2.20. The topological polar surface area (TPSA) is 100 Å². The van der Waals surface area contributed by atoms with Crippen molar-refractivity contribution in [3.05, 3.63) is 70.1 Å². The summed E-state index contributed by atoms with van der Waals surface area (Å²) < 4.78 is 7.60. The van der Waals surface area contributed by atoms with Crippen LogP contribution >= 0.6 is 0 Å². The molecular formula is C29H37N7O2. The van der Waals surface area contributed by atoms with Gasteiger partial charge in [0.15, 0.2) is 11.5 Å². The summed E-state index contributed by atoms with van der Waals surface area (Å²) in [7, 11) is 1.78. The van der Waals surface area contributed by atoms with Gasteiger partial charge in [-0.1, -0.05) is 43.7 Å². The van der Waals surface area contributed by atoms with Gasteiger partial charge in [-0.25, -0.2) is 4.98 Å². The largest absolute Gasteiger partial charge is 0.493 e. The first kappa shape index (κ1) is 26.9. The van der Waals surface area contributed by atoms with Crippen molar-refractivity contribution in [3.63, 3.8) is 0 Å². The Labute approximate surface area is 223 Å². The fraction of sp³-hybridized carbons (Fsp3) is 0.379. The summed E-state index contributed by atoms with van der Waals surface area (Å²) in [5, 5.41) is 7.98. The summed E-state index contributed by atoms with van der Waals surface area (Å²) in [4.78, 5) is 28.0. The zero-order valence-electron chi connectivity index (χ0n) is 22.9. The minimum absolute atomic E-state index is 0.225. The Morgan fingerprint density at radius 1 is 1.13 bits per heavy atom. The standard InChI is InChI=1S/C29H37N7O2/c1-6-13-23-25-26(35(5)34-23)28(37)33-27(32-25)22-18-21(16-17-24(22)38-9-4)36(29(30-7-2)31-8-3)19-20-14-11-10-12-15-20/h10-12,14-18H,6-9,13,19H2,1-5H3,(H,30,31)(H,32,33,37). The molecule has 2 aromatic carbocycles. The van der Waals surface area contributed by atoms with Crippen LogP contribution in [0.5, 0.6) is 5.75 Å². The van der Waals surface area contributed by atoms with Crippen molar-refractivity contribution in [1.29, 1.82) is 0 Å². The van der Waals surface area contributed by atoms with E-state index < -0.39 is 0 Å². The molecule has 0 saturated carbocycles. The van der Waals surface area contributed by atoms with Crippen LogP contribution in [0.25, 0.3) is 22.4 Å². The van der Waals surface area contributed by atoms with E-state index in [-0.39, 0.29) is 5.56 Å². The van der Waals surface area contributed by atoms with E-state index >= 15 is 0 Å². The number of hydrogen-bond donors (Lipinski definition) is 2. The first-order chi connectivity index (χ1) is 18.5. The molecule has 0 spiro atoms. The molecule has 4 rings (SSSR count). The predicted molar refractivity (Wildman–Crippen MR) is 154 cm³/mol. The second kappa shape index (κ2) is 12.4. The van der Waals surface area contributed by atoms with Crippen LogP contribution in [0.15, 0.2) is 58.3 Å². The molecule has 0 aliphatic heterocycles. The summed E-state index contributed by atoms with van der Waals surface area (Å²) >= 11 is 0. The number of fused-ring (bicyclic) bond motifs is 1. The summed E-state index contributed by atoms with van der Waals surface area (Å²) in [5.74, 6) is 1.88. The van der Waals surface area contributed by atoms with Gasteiger partial charge in [0.1, 0.15) is 17.1 Å². The molecule has 38 heavy (non-hydrogen) atoms. The Morgan fingerprint density at radius 3 is 2.61 bits per heavy atom. The van der Waals surface area contributed by atoms with Crippen molar-refractivity contribution >= 4 is 22.7 Å². The van der Waals surface area contributed by atoms with Gasteiger partial charge < -0.3 is 19.9 Å². The summed E-state index contributed by atoms with van der Waals surface area (Å²) in [5.41, 5.74) is 4.46. The van der Waals surface area contributed by atoms with Crippen LogP contribution in [0.1, 0.15) is 45.4 Å². The van der Waals surface area contributed by atoms with Gasteiger partial charge in [-0.15, -0.1) is 0 Å². The zero-order valence-corrected chi connectivity index (χ0v) is 22.9. The number of aromatic amines is 1. The number of ether oxygens (including phenoxy) is 1. The SMILES string of the molecule is CCCc1nn(C)c2c(=O)[nH]c(-c3cc(N(Cc4ccccc4)C(=NCC)NCC)ccc3OCC)nc12. The van der Waals surface area contributed by atoms with Crippen LogP contribution < -0.4 is 20.5 Å². The number of nitrogens with one attached hydrogen (secondary N) is 2. The fourth-order valence-corrected chi connectivity index (χ4v) is 4.53. The number of hydrogen-bond acceptors (Lipinski definition) is 5. The van der Waals surface area contributed by atoms with E-state index in [0.717, 1.165) is 42.3 Å². The normalized spacial score (nSPS) is 11.7. The van der Waals surface area contributed by atoms with Crippen molar-refractivity contribution in [2.45, 2.75) is 47.1 Å². The number of benzene rings is 2. The molecule has 2 aromatic heterocycles. The number of nitrogens with zero attached hydrogens (tertiary/aromatic N) is 5. The average Bonchev–Trinajstić information content (AvgIpc) is 3.24. The maximum atomic E-state index is 13.2. The molecule has 4 aromatic rings. The van der Waals surface area contributed by atoms with Gasteiger partial charge >= 0.3 is 0 Å². The molecule has 2 N–H and O–H groups in total. The summed E-state index contributed by atoms with van der Waals surface area (Å²) in [6, 6.07) is 16.2. The van der Waals surface area contributed by atoms with Gasteiger partial charge in [0.25, 0.3) is 5.56 Å². The van der Waals surface area contributed by atoms with E-state index in [1.165, 1.54) is 0 Å². The predicted octanol–water partition coefficient (Wildman–Crippen LogP) is 4.67. The summed E-state index contributed by atoms with van der Waals surface area (Å²) in [6.45, 7) is 10.6. The molecule has 200 valence electrons. The van der Waals surface area contributed by atoms with Crippen molar-refractivity contribution in [2.24, 2.45) is 12.0 Å². The minimum Gasteiger partial charge on any atom is -0.493 e. The van der Waals surface area contributed by atoms with Crippen LogP contribution in [0.3, 0.4) is 0 Å². The molecule has 0 atom stereocenters. The average molecular weight is 516 g/mol. The number of aryl methyl sites for hydroxylation is 2. The minimum atomic E-state index is -0.225. The fourth-order valence-electron chi connectivity index (χ4n) is 4.53. The lowest BCUT2D eigenvalue weighted by Crippen LogP contribution is -2.41. The van der Waals surface area contributed by atoms with Gasteiger partial charge in [-0.05, 0) is 51.0 Å². The third-order valence-electron chi connectivity index (χ3n) is 6.16. The second-order valence-electron chi connectivity index (χ2n) is 8.95. The van der Waals surface area contributed by atoms with Gasteiger partial charge in [-0.2, -0.15) is 5.10 Å². The van der Waals surface area contributed by atoms with Gasteiger partial charge in [0, 0.05) is 25.8 Å². The Balaban J connectivity index is 1.90. The van der Waals surface area contributed by atoms with Crippen molar-refractivity contribution in [2.75, 3.05) is 24.6 Å². The highest BCUT2D eigenvalue weighted by molar-refractivity contribution is 5.97. The Morgan fingerprint density at radius 2 is 1.92 bits per heavy atom. The Kier molecular flexibility index (Phi) is 8.78. The molecule has 9 heteroatoms. The third kappa shape index (κ3) is 5.72. The number of guanidine groups is 1. The molecule has 0 fully saturated rings. The van der Waals surface area contributed by atoms with E-state index in [2.05, 4.69) is 46.3 Å². The van der Waals surface area contributed by atoms with Crippen LogP contribution in [0.2, 0.25) is 0 Å². The summed E-state index contributed by atoms with van der Waals surface area (Å²) in [6.07, 6.45) is 1.66. The molecule has 2 heterocycles. The van der Waals surface area contributed by atoms with E-state index in [4.69, 9.17) is 14.7 Å². The highest BCUT2D eigenvalue weighted by Crippen LogP contribution is 2.33. The number of H-pyrrole nitrogens is 1. The third-order valence-corrected chi connectivity index (χ3v) is 6.16. The lowest BCUT2D eigenvalue weighted by atomic mass is 10.1. The lowest BCUT2D eigenvalue weighted by Gasteiger charge is -2.28. The van der Waals surface area contributed by atoms with Gasteiger partial charge in [0.05, 0.1) is 24.4 Å². The van der Waals surface area contributed by atoms with E-state index in [9.17, 15) is 4.79 Å². The molecule has 0 radical (unpaired) electrons. The van der Waals surface area contributed by atoms with Crippen LogP contribution in [-0.4, -0.2) is 45.4 Å². The monoisotopic (exact) mass is 515 g/mol. The Bertz CT molecular complexity index is 1460. The highest BCUT2D eigenvalue weighted by atomic mass is 16.5. The van der Waals surface area contributed by atoms with Gasteiger partial charge in [0.2, 0.25) is 0 Å². The van der Waals surface area contributed by atoms with Gasteiger partial charge in [-0.3, -0.25) is 14.5 Å². The van der Waals surface area contributed by atoms with Crippen LogP contribution in [0, 0.1) is 0 Å². The molecule has 0 unspecified atom stereocenters. The lowest BCUT2D eigenvalue weighted by molar-refractivity contribution is 0.341. The molecule has 0 amide bonds. The van der Waals surface area contributed by atoms with E-state index in [0.29, 0.717) is 47.9 Å². The van der Waals surface area contributed by atoms with Crippen molar-refractivity contribution < 1.29 is 4.74 Å². The molecule has 0 aliphatic rings. The number of rotatable bonds is 10. The smallest absolute Gasteiger partial charge is 0.277 e. The maximum Gasteiger partial charge on any atom is 0.277 e. The second-order valence-corrected chi connectivity index (χ2v) is 8.95. The first-order valence-corrected chi connectivity index (χ1v) is 13.3. The van der Waals surface area contributed by atoms with Crippen molar-refractivity contribution in [3.8, 4) is 17.1 Å². The first-order valence-electron chi connectivity index (χ1n) is 13.3. The maximum absolute atomic E-state index is 13.2. The molecular weight excluding hydrogens is 478 g/mol. The van der Waals surface area contributed by atoms with Crippen LogP contribution in [-0.2, 0) is 20.0 Å². The molecule has 0 bridgehead atoms. The molecule has 9 nitrogen and oxygen atoms in total. The molecule has 0 saturated heterocycles. The quantitative estimate of drug-likeness (QED) is 0.235. The number of anilines is 1. The Hall–Kier alpha value is -4.14. The van der Waals surface area contributed by atoms with Crippen molar-refractivity contribution in [1.82, 2.24) is 25.1 Å². The number of aromatic nitrogens is 4. The van der Waals surface area contributed by atoms with E-state index in [1.54, 1.807) is 11.7 Å². The molecule has 0 aliphatic carbocycles. The number of aliphatic imine (C=N–C) groups is 1. The van der Waals surface area contributed by atoms with Crippen LogP contribution in [0.4, 0.5) is 5.69 Å². The van der Waals surface area contributed by atoms with E-state index in [1.807, 2.05) is 50.2 Å². The zero-order chi connectivity index (χ0) is 27.1.